The normalized spacial score (nSPS) is 16.0. The maximum Gasteiger partial charge on any atom is 0.408 e. The zero-order valence-electron chi connectivity index (χ0n) is 26.8. The van der Waals surface area contributed by atoms with Crippen molar-refractivity contribution in [3.8, 4) is 5.75 Å². The van der Waals surface area contributed by atoms with Gasteiger partial charge in [0, 0.05) is 19.6 Å². The van der Waals surface area contributed by atoms with Crippen LogP contribution in [0.5, 0.6) is 5.75 Å². The molecule has 1 heterocycles. The summed E-state index contributed by atoms with van der Waals surface area (Å²) in [6, 6.07) is 32.7. The standard InChI is InChI=1S/C37H35N3O8S2/c41-36(35-25-38-21-22-40(35)49(43,44)33-20-17-29-11-7-8-12-30(29)24-33)34(39-37(42)47-26-28-9-3-1-4-10-28)23-27-15-18-31(19-16-27)48-50(45,46)32-13-5-2-6-14-32/h1-20,24,34-35,38H,21-23,25-26H2,(H,39,42)/t34-,35?/m0/s1. The van der Waals surface area contributed by atoms with E-state index in [4.69, 9.17) is 8.92 Å². The summed E-state index contributed by atoms with van der Waals surface area (Å²) in [7, 11) is -8.19. The molecule has 6 rings (SSSR count). The molecule has 2 N–H and O–H groups in total. The molecular formula is C37H35N3O8S2. The van der Waals surface area contributed by atoms with E-state index in [0.717, 1.165) is 16.3 Å². The lowest BCUT2D eigenvalue weighted by molar-refractivity contribution is -0.125. The van der Waals surface area contributed by atoms with Gasteiger partial charge < -0.3 is 19.6 Å². The zero-order chi connectivity index (χ0) is 35.1. The van der Waals surface area contributed by atoms with Gasteiger partial charge in [-0.25, -0.2) is 13.2 Å². The molecule has 1 aliphatic heterocycles. The summed E-state index contributed by atoms with van der Waals surface area (Å²) in [5.41, 5.74) is 1.31. The van der Waals surface area contributed by atoms with E-state index in [1.54, 1.807) is 54.6 Å². The van der Waals surface area contributed by atoms with Crippen LogP contribution in [-0.2, 0) is 42.7 Å². The van der Waals surface area contributed by atoms with Gasteiger partial charge in [0.15, 0.2) is 5.78 Å². The molecule has 0 saturated carbocycles. The van der Waals surface area contributed by atoms with Crippen molar-refractivity contribution in [1.29, 1.82) is 0 Å². The van der Waals surface area contributed by atoms with Crippen LogP contribution in [0.2, 0.25) is 0 Å². The number of hydrogen-bond donors (Lipinski definition) is 2. The number of amides is 1. The van der Waals surface area contributed by atoms with Crippen molar-refractivity contribution in [1.82, 2.24) is 14.9 Å². The Labute approximate surface area is 291 Å². The monoisotopic (exact) mass is 713 g/mol. The fourth-order valence-corrected chi connectivity index (χ4v) is 8.30. The second-order valence-electron chi connectivity index (χ2n) is 11.7. The Bertz CT molecular complexity index is 2180. The van der Waals surface area contributed by atoms with Crippen molar-refractivity contribution >= 4 is 42.8 Å². The molecule has 0 aliphatic carbocycles. The minimum Gasteiger partial charge on any atom is -0.445 e. The molecule has 0 spiro atoms. The van der Waals surface area contributed by atoms with Gasteiger partial charge in [0.1, 0.15) is 17.3 Å². The van der Waals surface area contributed by atoms with Gasteiger partial charge in [-0.15, -0.1) is 0 Å². The number of carbonyl (C=O) groups excluding carboxylic acids is 2. The number of rotatable bonds is 12. The second kappa shape index (κ2) is 15.2. The van der Waals surface area contributed by atoms with E-state index < -0.39 is 44.1 Å². The van der Waals surface area contributed by atoms with Crippen LogP contribution < -0.4 is 14.8 Å². The number of fused-ring (bicyclic) bond motifs is 1. The van der Waals surface area contributed by atoms with Gasteiger partial charge >= 0.3 is 16.2 Å². The average Bonchev–Trinajstić information content (AvgIpc) is 3.14. The Morgan fingerprint density at radius 2 is 1.42 bits per heavy atom. The van der Waals surface area contributed by atoms with E-state index in [0.29, 0.717) is 12.1 Å². The summed E-state index contributed by atoms with van der Waals surface area (Å²) in [5, 5.41) is 7.40. The van der Waals surface area contributed by atoms with Crippen LogP contribution in [0.3, 0.4) is 0 Å². The van der Waals surface area contributed by atoms with Crippen LogP contribution in [0.4, 0.5) is 4.79 Å². The minimum atomic E-state index is -4.12. The fraction of sp³-hybridized carbons (Fsp3) is 0.189. The highest BCUT2D eigenvalue weighted by Gasteiger charge is 2.41. The first kappa shape index (κ1) is 34.8. The molecule has 13 heteroatoms. The highest BCUT2D eigenvalue weighted by Crippen LogP contribution is 2.26. The number of Topliss-reactive ketones (excluding diaryl/α,β-unsaturated/α-hetero) is 1. The lowest BCUT2D eigenvalue weighted by atomic mass is 9.97. The van der Waals surface area contributed by atoms with Crippen LogP contribution in [0, 0.1) is 0 Å². The molecule has 0 radical (unpaired) electrons. The number of ether oxygens (including phenoxy) is 1. The Balaban J connectivity index is 1.24. The largest absolute Gasteiger partial charge is 0.445 e. The maximum atomic E-state index is 14.3. The topological polar surface area (TPSA) is 148 Å². The van der Waals surface area contributed by atoms with Crippen molar-refractivity contribution in [2.45, 2.75) is 34.9 Å². The number of piperazine rings is 1. The molecule has 258 valence electrons. The number of ketones is 1. The summed E-state index contributed by atoms with van der Waals surface area (Å²) in [5.74, 6) is -0.481. The first-order chi connectivity index (χ1) is 24.1. The number of sulfonamides is 1. The molecule has 1 amide bonds. The number of hydrogen-bond acceptors (Lipinski definition) is 9. The predicted octanol–water partition coefficient (Wildman–Crippen LogP) is 4.68. The van der Waals surface area contributed by atoms with Gasteiger partial charge in [-0.3, -0.25) is 4.79 Å². The summed E-state index contributed by atoms with van der Waals surface area (Å²) < 4.78 is 65.4. The Hall–Kier alpha value is -5.08. The van der Waals surface area contributed by atoms with Crippen LogP contribution >= 0.6 is 0 Å². The Morgan fingerprint density at radius 3 is 2.14 bits per heavy atom. The van der Waals surface area contributed by atoms with Gasteiger partial charge in [-0.1, -0.05) is 91.0 Å². The fourth-order valence-electron chi connectivity index (χ4n) is 5.72. The molecule has 1 fully saturated rings. The third-order valence-corrected chi connectivity index (χ3v) is 11.5. The molecule has 1 aliphatic rings. The van der Waals surface area contributed by atoms with Crippen LogP contribution in [-0.4, -0.2) is 64.7 Å². The average molecular weight is 714 g/mol. The first-order valence-electron chi connectivity index (χ1n) is 15.9. The van der Waals surface area contributed by atoms with E-state index in [-0.39, 0.29) is 41.7 Å². The molecule has 0 bridgehead atoms. The molecule has 1 unspecified atom stereocenters. The van der Waals surface area contributed by atoms with Crippen molar-refractivity contribution in [3.63, 3.8) is 0 Å². The van der Waals surface area contributed by atoms with Crippen molar-refractivity contribution in [3.05, 3.63) is 139 Å². The molecule has 0 aromatic heterocycles. The van der Waals surface area contributed by atoms with Gasteiger partial charge in [0.25, 0.3) is 0 Å². The van der Waals surface area contributed by atoms with Gasteiger partial charge in [-0.05, 0) is 64.7 Å². The van der Waals surface area contributed by atoms with Crippen molar-refractivity contribution in [2.75, 3.05) is 19.6 Å². The lowest BCUT2D eigenvalue weighted by Gasteiger charge is -2.36. The van der Waals surface area contributed by atoms with E-state index in [1.807, 2.05) is 42.5 Å². The predicted molar refractivity (Wildman–Crippen MR) is 187 cm³/mol. The highest BCUT2D eigenvalue weighted by molar-refractivity contribution is 7.89. The SMILES string of the molecule is O=C(N[C@@H](Cc1ccc(OS(=O)(=O)c2ccccc2)cc1)C(=O)C1CNCCN1S(=O)(=O)c1ccc2ccccc2c1)OCc1ccccc1. The quantitative estimate of drug-likeness (QED) is 0.176. The third kappa shape index (κ3) is 8.20. The summed E-state index contributed by atoms with van der Waals surface area (Å²) in [6.07, 6.45) is -0.889. The number of carbonyl (C=O) groups is 2. The van der Waals surface area contributed by atoms with Crippen LogP contribution in [0.15, 0.2) is 137 Å². The number of alkyl carbamates (subject to hydrolysis) is 1. The van der Waals surface area contributed by atoms with E-state index >= 15 is 0 Å². The Morgan fingerprint density at radius 1 is 0.760 bits per heavy atom. The van der Waals surface area contributed by atoms with Crippen molar-refractivity contribution in [2.24, 2.45) is 0 Å². The summed E-state index contributed by atoms with van der Waals surface area (Å²) in [4.78, 5) is 27.4. The maximum absolute atomic E-state index is 14.3. The van der Waals surface area contributed by atoms with Crippen LogP contribution in [0.25, 0.3) is 10.8 Å². The molecule has 11 nitrogen and oxygen atoms in total. The summed E-state index contributed by atoms with van der Waals surface area (Å²) in [6.45, 7) is 0.371. The summed E-state index contributed by atoms with van der Waals surface area (Å²) >= 11 is 0. The smallest absolute Gasteiger partial charge is 0.408 e. The van der Waals surface area contributed by atoms with Gasteiger partial charge in [0.05, 0.1) is 17.0 Å². The Kier molecular flexibility index (Phi) is 10.6. The number of nitrogens with one attached hydrogen (secondary N) is 2. The van der Waals surface area contributed by atoms with Gasteiger partial charge in [-0.2, -0.15) is 12.7 Å². The van der Waals surface area contributed by atoms with E-state index in [9.17, 15) is 26.4 Å². The highest BCUT2D eigenvalue weighted by atomic mass is 32.2. The number of nitrogens with zero attached hydrogens (tertiary/aromatic N) is 1. The molecule has 5 aromatic rings. The first-order valence-corrected chi connectivity index (χ1v) is 18.8. The number of benzene rings is 5. The molecule has 5 aromatic carbocycles. The second-order valence-corrected chi connectivity index (χ2v) is 15.1. The molecule has 1 saturated heterocycles. The molecule has 50 heavy (non-hydrogen) atoms. The van der Waals surface area contributed by atoms with Gasteiger partial charge in [0.2, 0.25) is 10.0 Å². The van der Waals surface area contributed by atoms with E-state index in [1.165, 1.54) is 34.6 Å². The van der Waals surface area contributed by atoms with Crippen molar-refractivity contribution < 1.29 is 35.3 Å². The third-order valence-electron chi connectivity index (χ3n) is 8.30. The zero-order valence-corrected chi connectivity index (χ0v) is 28.5. The minimum absolute atomic E-state index is 0.00256. The molecular weight excluding hydrogens is 679 g/mol. The molecule has 2 atom stereocenters. The lowest BCUT2D eigenvalue weighted by Crippen LogP contribution is -2.61. The van der Waals surface area contributed by atoms with E-state index in [2.05, 4.69) is 10.6 Å². The van der Waals surface area contributed by atoms with Crippen LogP contribution in [0.1, 0.15) is 11.1 Å².